The van der Waals surface area contributed by atoms with Gasteiger partial charge in [0, 0.05) is 30.7 Å². The van der Waals surface area contributed by atoms with Crippen LogP contribution in [0.3, 0.4) is 0 Å². The predicted molar refractivity (Wildman–Crippen MR) is 79.9 cm³/mol. The van der Waals surface area contributed by atoms with Gasteiger partial charge in [0.1, 0.15) is 12.1 Å². The zero-order valence-corrected chi connectivity index (χ0v) is 12.0. The summed E-state index contributed by atoms with van der Waals surface area (Å²) in [6.45, 7) is 1.25. The minimum Gasteiger partial charge on any atom is -0.379 e. The number of hydrogen-bond donors (Lipinski definition) is 2. The molecule has 0 saturated carbocycles. The fourth-order valence-electron chi connectivity index (χ4n) is 2.62. The normalized spacial score (nSPS) is 17.9. The monoisotopic (exact) mass is 303 g/mol. The molecule has 0 spiro atoms. The number of H-pyrrole nitrogens is 1. The fraction of sp³-hybridized carbons (Fsp3) is 0.357. The summed E-state index contributed by atoms with van der Waals surface area (Å²) in [6.07, 6.45) is 4.19. The maximum Gasteiger partial charge on any atom is 0.236 e. The van der Waals surface area contributed by atoms with E-state index in [0.717, 1.165) is 23.1 Å². The van der Waals surface area contributed by atoms with E-state index in [1.54, 1.807) is 11.1 Å². The van der Waals surface area contributed by atoms with E-state index in [1.807, 2.05) is 18.3 Å². The highest BCUT2D eigenvalue weighted by Crippen LogP contribution is 2.30. The molecule has 1 saturated heterocycles. The van der Waals surface area contributed by atoms with Gasteiger partial charge in [-0.2, -0.15) is 5.26 Å². The molecule has 0 aromatic carbocycles. The summed E-state index contributed by atoms with van der Waals surface area (Å²) < 4.78 is 0. The lowest BCUT2D eigenvalue weighted by molar-refractivity contribution is -0.129. The van der Waals surface area contributed by atoms with Gasteiger partial charge in [0.15, 0.2) is 0 Å². The number of aromatic amines is 1. The third-order valence-corrected chi connectivity index (χ3v) is 3.95. The summed E-state index contributed by atoms with van der Waals surface area (Å²) in [5.41, 5.74) is 1.61. The van der Waals surface area contributed by atoms with Crippen molar-refractivity contribution < 1.29 is 4.79 Å². The van der Waals surface area contributed by atoms with Gasteiger partial charge in [-0.1, -0.05) is 11.6 Å². The van der Waals surface area contributed by atoms with Gasteiger partial charge >= 0.3 is 0 Å². The molecule has 3 rings (SSSR count). The van der Waals surface area contributed by atoms with E-state index < -0.39 is 0 Å². The first kappa shape index (κ1) is 13.7. The summed E-state index contributed by atoms with van der Waals surface area (Å²) in [5.74, 6) is -0.116. The number of anilines is 1. The Morgan fingerprint density at radius 1 is 1.67 bits per heavy atom. The van der Waals surface area contributed by atoms with Crippen molar-refractivity contribution in [2.75, 3.05) is 18.4 Å². The second kappa shape index (κ2) is 5.62. The maximum absolute atomic E-state index is 11.7. The van der Waals surface area contributed by atoms with E-state index in [0.29, 0.717) is 18.1 Å². The molecule has 2 aromatic rings. The second-order valence-electron chi connectivity index (χ2n) is 5.03. The van der Waals surface area contributed by atoms with Crippen LogP contribution in [-0.2, 0) is 4.79 Å². The van der Waals surface area contributed by atoms with Crippen molar-refractivity contribution in [2.45, 2.75) is 18.9 Å². The van der Waals surface area contributed by atoms with Crippen LogP contribution in [0.1, 0.15) is 12.8 Å². The molecular weight excluding hydrogens is 290 g/mol. The Bertz CT molecular complexity index is 720. The van der Waals surface area contributed by atoms with Gasteiger partial charge in [0.2, 0.25) is 5.91 Å². The zero-order valence-electron chi connectivity index (χ0n) is 11.3. The summed E-state index contributed by atoms with van der Waals surface area (Å²) in [5, 5.41) is 13.5. The van der Waals surface area contributed by atoms with Gasteiger partial charge in [-0.05, 0) is 12.5 Å². The molecule has 3 heterocycles. The number of carbonyl (C=O) groups is 1. The smallest absolute Gasteiger partial charge is 0.236 e. The molecule has 0 aliphatic carbocycles. The number of pyridine rings is 1. The minimum atomic E-state index is -0.116. The van der Waals surface area contributed by atoms with Crippen LogP contribution in [0.4, 0.5) is 5.69 Å². The standard InChI is InChI=1S/C14H14ClN5O/c15-11-7-18-14-10(2-5-17-14)13(11)19-9-3-6-20(8-9)12(21)1-4-16/h2,5,7,9H,1,3,6,8H2,(H2,17,18,19)/t9-/m1/s1. The number of amides is 1. The molecule has 1 amide bonds. The van der Waals surface area contributed by atoms with Gasteiger partial charge in [0.05, 0.1) is 23.0 Å². The van der Waals surface area contributed by atoms with Gasteiger partial charge in [0.25, 0.3) is 0 Å². The van der Waals surface area contributed by atoms with E-state index in [9.17, 15) is 4.79 Å². The number of halogens is 1. The predicted octanol–water partition coefficient (Wildman–Crippen LogP) is 2.14. The largest absolute Gasteiger partial charge is 0.379 e. The number of nitrogens with zero attached hydrogens (tertiary/aromatic N) is 3. The minimum absolute atomic E-state index is 0.0647. The number of carbonyl (C=O) groups excluding carboxylic acids is 1. The van der Waals surface area contributed by atoms with Gasteiger partial charge in [-0.15, -0.1) is 0 Å². The molecular formula is C14H14ClN5O. The van der Waals surface area contributed by atoms with Crippen LogP contribution < -0.4 is 5.32 Å². The highest BCUT2D eigenvalue weighted by atomic mass is 35.5. The lowest BCUT2D eigenvalue weighted by Crippen LogP contribution is -2.31. The summed E-state index contributed by atoms with van der Waals surface area (Å²) >= 11 is 6.22. The summed E-state index contributed by atoms with van der Waals surface area (Å²) in [6, 6.07) is 3.94. The van der Waals surface area contributed by atoms with Crippen molar-refractivity contribution in [1.82, 2.24) is 14.9 Å². The molecule has 0 radical (unpaired) electrons. The molecule has 6 nitrogen and oxygen atoms in total. The van der Waals surface area contributed by atoms with Crippen molar-refractivity contribution in [2.24, 2.45) is 0 Å². The van der Waals surface area contributed by atoms with Gasteiger partial charge < -0.3 is 15.2 Å². The Labute approximate surface area is 126 Å². The van der Waals surface area contributed by atoms with Crippen molar-refractivity contribution in [3.8, 4) is 6.07 Å². The summed E-state index contributed by atoms with van der Waals surface area (Å²) in [7, 11) is 0. The van der Waals surface area contributed by atoms with Gasteiger partial charge in [-0.25, -0.2) is 4.98 Å². The Kier molecular flexibility index (Phi) is 3.67. The van der Waals surface area contributed by atoms with Crippen LogP contribution in [0.15, 0.2) is 18.5 Å². The number of nitrogens with one attached hydrogen (secondary N) is 2. The van der Waals surface area contributed by atoms with Crippen LogP contribution in [0.25, 0.3) is 11.0 Å². The van der Waals surface area contributed by atoms with Crippen molar-refractivity contribution >= 4 is 34.2 Å². The number of hydrogen-bond acceptors (Lipinski definition) is 4. The van der Waals surface area contributed by atoms with E-state index in [1.165, 1.54) is 0 Å². The third kappa shape index (κ3) is 2.65. The van der Waals surface area contributed by atoms with E-state index in [4.69, 9.17) is 16.9 Å². The molecule has 0 unspecified atom stereocenters. The summed E-state index contributed by atoms with van der Waals surface area (Å²) in [4.78, 5) is 20.7. The highest BCUT2D eigenvalue weighted by Gasteiger charge is 2.26. The van der Waals surface area contributed by atoms with Crippen molar-refractivity contribution in [1.29, 1.82) is 5.26 Å². The fourth-order valence-corrected chi connectivity index (χ4v) is 2.82. The van der Waals surface area contributed by atoms with Gasteiger partial charge in [-0.3, -0.25) is 4.79 Å². The molecule has 108 valence electrons. The highest BCUT2D eigenvalue weighted by molar-refractivity contribution is 6.34. The topological polar surface area (TPSA) is 84.8 Å². The van der Waals surface area contributed by atoms with Crippen molar-refractivity contribution in [3.05, 3.63) is 23.5 Å². The number of fused-ring (bicyclic) bond motifs is 1. The molecule has 21 heavy (non-hydrogen) atoms. The van der Waals surface area contributed by atoms with Crippen LogP contribution in [0.2, 0.25) is 5.02 Å². The lowest BCUT2D eigenvalue weighted by atomic mass is 10.2. The van der Waals surface area contributed by atoms with E-state index in [2.05, 4.69) is 15.3 Å². The second-order valence-corrected chi connectivity index (χ2v) is 5.43. The third-order valence-electron chi connectivity index (χ3n) is 3.66. The Balaban J connectivity index is 1.75. The molecule has 7 heteroatoms. The first-order valence-corrected chi connectivity index (χ1v) is 7.09. The average molecular weight is 304 g/mol. The number of rotatable bonds is 3. The SMILES string of the molecule is N#CCC(=O)N1CC[C@@H](Nc2c(Cl)cnc3[nH]ccc23)C1. The Hall–Kier alpha value is -2.26. The van der Waals surface area contributed by atoms with Crippen LogP contribution in [-0.4, -0.2) is 39.9 Å². The van der Waals surface area contributed by atoms with Crippen LogP contribution in [0.5, 0.6) is 0 Å². The van der Waals surface area contributed by atoms with Crippen molar-refractivity contribution in [3.63, 3.8) is 0 Å². The quantitative estimate of drug-likeness (QED) is 0.910. The molecule has 1 fully saturated rings. The Morgan fingerprint density at radius 2 is 2.52 bits per heavy atom. The molecule has 2 N–H and O–H groups in total. The van der Waals surface area contributed by atoms with E-state index in [-0.39, 0.29) is 18.4 Å². The molecule has 0 bridgehead atoms. The average Bonchev–Trinajstić information content (AvgIpc) is 3.11. The molecule has 1 aliphatic heterocycles. The lowest BCUT2D eigenvalue weighted by Gasteiger charge is -2.17. The maximum atomic E-state index is 11.7. The van der Waals surface area contributed by atoms with Crippen LogP contribution in [0, 0.1) is 11.3 Å². The number of likely N-dealkylation sites (tertiary alicyclic amines) is 1. The molecule has 2 aromatic heterocycles. The first-order chi connectivity index (χ1) is 10.2. The van der Waals surface area contributed by atoms with E-state index >= 15 is 0 Å². The number of nitriles is 1. The zero-order chi connectivity index (χ0) is 14.8. The Morgan fingerprint density at radius 3 is 3.33 bits per heavy atom. The first-order valence-electron chi connectivity index (χ1n) is 6.72. The number of aromatic nitrogens is 2. The molecule has 1 aliphatic rings. The molecule has 1 atom stereocenters. The van der Waals surface area contributed by atoms with Crippen LogP contribution >= 0.6 is 11.6 Å².